The number of piperazine rings is 1. The van der Waals surface area contributed by atoms with E-state index in [0.717, 1.165) is 24.1 Å². The number of hydrogen-bond acceptors (Lipinski definition) is 4. The summed E-state index contributed by atoms with van der Waals surface area (Å²) < 4.78 is 0. The molecule has 4 rings (SSSR count). The van der Waals surface area contributed by atoms with Crippen LogP contribution in [-0.2, 0) is 4.79 Å². The highest BCUT2D eigenvalue weighted by atomic mass is 16.2. The molecule has 1 aliphatic carbocycles. The van der Waals surface area contributed by atoms with Gasteiger partial charge in [-0.2, -0.15) is 5.10 Å². The highest BCUT2D eigenvalue weighted by Gasteiger charge is 2.31. The van der Waals surface area contributed by atoms with Crippen LogP contribution in [0.25, 0.3) is 11.3 Å². The summed E-state index contributed by atoms with van der Waals surface area (Å²) in [4.78, 5) is 29.0. The second-order valence-electron chi connectivity index (χ2n) is 7.32. The van der Waals surface area contributed by atoms with Crippen LogP contribution in [0.3, 0.4) is 0 Å². The smallest absolute Gasteiger partial charge is 0.271 e. The van der Waals surface area contributed by atoms with Crippen LogP contribution in [0.2, 0.25) is 0 Å². The van der Waals surface area contributed by atoms with E-state index in [-0.39, 0.29) is 17.9 Å². The summed E-state index contributed by atoms with van der Waals surface area (Å²) in [6, 6.07) is 11.8. The van der Waals surface area contributed by atoms with E-state index in [2.05, 4.69) is 20.4 Å². The molecule has 27 heavy (non-hydrogen) atoms. The van der Waals surface area contributed by atoms with Crippen LogP contribution in [0.15, 0.2) is 36.4 Å². The van der Waals surface area contributed by atoms with Gasteiger partial charge in [-0.25, -0.2) is 0 Å². The number of aromatic nitrogens is 2. The minimum absolute atomic E-state index is 0.0422. The van der Waals surface area contributed by atoms with E-state index >= 15 is 0 Å². The van der Waals surface area contributed by atoms with Gasteiger partial charge in [0.25, 0.3) is 5.91 Å². The number of benzene rings is 1. The van der Waals surface area contributed by atoms with Crippen molar-refractivity contribution < 1.29 is 9.59 Å². The normalized spacial score (nSPS) is 18.9. The third-order valence-corrected chi connectivity index (χ3v) is 5.33. The van der Waals surface area contributed by atoms with Crippen LogP contribution in [0.4, 0.5) is 0 Å². The molecule has 1 saturated carbocycles. The van der Waals surface area contributed by atoms with Crippen molar-refractivity contribution in [3.63, 3.8) is 0 Å². The van der Waals surface area contributed by atoms with Gasteiger partial charge in [-0.05, 0) is 25.8 Å². The van der Waals surface area contributed by atoms with Gasteiger partial charge < -0.3 is 10.2 Å². The molecule has 0 bridgehead atoms. The largest absolute Gasteiger partial charge is 0.352 e. The lowest BCUT2D eigenvalue weighted by atomic mass is 10.1. The summed E-state index contributed by atoms with van der Waals surface area (Å²) >= 11 is 0. The summed E-state index contributed by atoms with van der Waals surface area (Å²) in [6.45, 7) is 4.56. The maximum atomic E-state index is 12.8. The Labute approximate surface area is 158 Å². The van der Waals surface area contributed by atoms with Gasteiger partial charge in [0, 0.05) is 37.8 Å². The molecule has 0 unspecified atom stereocenters. The average Bonchev–Trinajstić information content (AvgIpc) is 3.39. The summed E-state index contributed by atoms with van der Waals surface area (Å²) in [6.07, 6.45) is 2.19. The first-order valence-corrected chi connectivity index (χ1v) is 9.56. The molecule has 0 spiro atoms. The zero-order chi connectivity index (χ0) is 18.8. The lowest BCUT2D eigenvalue weighted by molar-refractivity contribution is -0.126. The molecule has 2 fully saturated rings. The number of nitrogens with zero attached hydrogens (tertiary/aromatic N) is 3. The second-order valence-corrected chi connectivity index (χ2v) is 7.32. The molecular formula is C20H25N5O2. The standard InChI is InChI=1S/C20H25N5O2/c1-14(19(26)21-16-7-8-16)24-9-11-25(12-10-24)20(27)18-13-17(22-23-18)15-5-3-2-4-6-15/h2-6,13-14,16H,7-12H2,1H3,(H,21,26)(H,22,23)/t14-/m0/s1. The van der Waals surface area contributed by atoms with Crippen molar-refractivity contribution in [1.82, 2.24) is 25.3 Å². The molecule has 2 amide bonds. The van der Waals surface area contributed by atoms with Gasteiger partial charge in [0.2, 0.25) is 5.91 Å². The lowest BCUT2D eigenvalue weighted by Crippen LogP contribution is -2.55. The van der Waals surface area contributed by atoms with E-state index in [1.165, 1.54) is 0 Å². The van der Waals surface area contributed by atoms with Crippen molar-refractivity contribution in [1.29, 1.82) is 0 Å². The van der Waals surface area contributed by atoms with Gasteiger partial charge in [-0.3, -0.25) is 19.6 Å². The Balaban J connectivity index is 1.33. The molecule has 2 N–H and O–H groups in total. The maximum Gasteiger partial charge on any atom is 0.271 e. The van der Waals surface area contributed by atoms with Crippen LogP contribution in [-0.4, -0.2) is 70.1 Å². The zero-order valence-electron chi connectivity index (χ0n) is 15.5. The number of nitrogens with one attached hydrogen (secondary N) is 2. The van der Waals surface area contributed by atoms with Gasteiger partial charge in [-0.15, -0.1) is 0 Å². The Kier molecular flexibility index (Phi) is 4.94. The summed E-state index contributed by atoms with van der Waals surface area (Å²) in [5.41, 5.74) is 2.25. The quantitative estimate of drug-likeness (QED) is 0.839. The van der Waals surface area contributed by atoms with Gasteiger partial charge in [0.1, 0.15) is 5.69 Å². The van der Waals surface area contributed by atoms with Gasteiger partial charge in [0.05, 0.1) is 11.7 Å². The van der Waals surface area contributed by atoms with Crippen molar-refractivity contribution in [2.24, 2.45) is 0 Å². The van der Waals surface area contributed by atoms with Crippen LogP contribution >= 0.6 is 0 Å². The third-order valence-electron chi connectivity index (χ3n) is 5.33. The molecule has 1 aromatic heterocycles. The Morgan fingerprint density at radius 2 is 1.85 bits per heavy atom. The topological polar surface area (TPSA) is 81.3 Å². The average molecular weight is 367 g/mol. The Morgan fingerprint density at radius 3 is 2.52 bits per heavy atom. The Bertz CT molecular complexity index is 807. The van der Waals surface area contributed by atoms with Gasteiger partial charge in [0.15, 0.2) is 0 Å². The first-order valence-electron chi connectivity index (χ1n) is 9.56. The first kappa shape index (κ1) is 17.7. The summed E-state index contributed by atoms with van der Waals surface area (Å²) in [5, 5.41) is 10.2. The van der Waals surface area contributed by atoms with Crippen molar-refractivity contribution >= 4 is 11.8 Å². The van der Waals surface area contributed by atoms with Crippen LogP contribution in [0.5, 0.6) is 0 Å². The molecule has 2 aromatic rings. The molecule has 1 aliphatic heterocycles. The highest BCUT2D eigenvalue weighted by molar-refractivity contribution is 5.93. The lowest BCUT2D eigenvalue weighted by Gasteiger charge is -2.37. The van der Waals surface area contributed by atoms with Gasteiger partial charge >= 0.3 is 0 Å². The number of amides is 2. The molecule has 7 heteroatoms. The predicted molar refractivity (Wildman–Crippen MR) is 102 cm³/mol. The monoisotopic (exact) mass is 367 g/mol. The number of rotatable bonds is 5. The molecule has 1 atom stereocenters. The summed E-state index contributed by atoms with van der Waals surface area (Å²) in [7, 11) is 0. The molecule has 2 aliphatic rings. The first-order chi connectivity index (χ1) is 13.1. The number of H-pyrrole nitrogens is 1. The van der Waals surface area contributed by atoms with E-state index in [4.69, 9.17) is 0 Å². The molecule has 142 valence electrons. The van der Waals surface area contributed by atoms with E-state index in [1.807, 2.05) is 42.2 Å². The van der Waals surface area contributed by atoms with Gasteiger partial charge in [-0.1, -0.05) is 30.3 Å². The van der Waals surface area contributed by atoms with Crippen molar-refractivity contribution in [2.45, 2.75) is 31.8 Å². The fourth-order valence-corrected chi connectivity index (χ4v) is 3.39. The highest BCUT2D eigenvalue weighted by Crippen LogP contribution is 2.20. The second kappa shape index (κ2) is 7.52. The number of hydrogen-bond donors (Lipinski definition) is 2. The SMILES string of the molecule is C[C@@H](C(=O)NC1CC1)N1CCN(C(=O)c2cc(-c3ccccc3)n[nH]2)CC1. The van der Waals surface area contributed by atoms with Crippen molar-refractivity contribution in [3.05, 3.63) is 42.1 Å². The maximum absolute atomic E-state index is 12.8. The molecular weight excluding hydrogens is 342 g/mol. The summed E-state index contributed by atoms with van der Waals surface area (Å²) in [5.74, 6) is 0.0535. The zero-order valence-corrected chi connectivity index (χ0v) is 15.5. The van der Waals surface area contributed by atoms with Crippen molar-refractivity contribution in [2.75, 3.05) is 26.2 Å². The number of carbonyl (C=O) groups is 2. The van der Waals surface area contributed by atoms with Crippen LogP contribution in [0, 0.1) is 0 Å². The fraction of sp³-hybridized carbons (Fsp3) is 0.450. The molecule has 2 heterocycles. The minimum Gasteiger partial charge on any atom is -0.352 e. The molecule has 0 radical (unpaired) electrons. The van der Waals surface area contributed by atoms with E-state index in [9.17, 15) is 9.59 Å². The predicted octanol–water partition coefficient (Wildman–Crippen LogP) is 1.50. The van der Waals surface area contributed by atoms with E-state index in [0.29, 0.717) is 37.9 Å². The number of aromatic amines is 1. The third kappa shape index (κ3) is 4.03. The number of carbonyl (C=O) groups excluding carboxylic acids is 2. The van der Waals surface area contributed by atoms with Crippen molar-refractivity contribution in [3.8, 4) is 11.3 Å². The Hall–Kier alpha value is -2.67. The fourth-order valence-electron chi connectivity index (χ4n) is 3.39. The van der Waals surface area contributed by atoms with Crippen LogP contribution < -0.4 is 5.32 Å². The Morgan fingerprint density at radius 1 is 1.15 bits per heavy atom. The molecule has 1 saturated heterocycles. The minimum atomic E-state index is -0.153. The van der Waals surface area contributed by atoms with E-state index < -0.39 is 0 Å². The van der Waals surface area contributed by atoms with E-state index in [1.54, 1.807) is 6.07 Å². The molecule has 1 aromatic carbocycles. The van der Waals surface area contributed by atoms with Crippen LogP contribution in [0.1, 0.15) is 30.3 Å². The molecule has 7 nitrogen and oxygen atoms in total.